The Morgan fingerprint density at radius 3 is 3.00 bits per heavy atom. The largest absolute Gasteiger partial charge is 0.332 e. The smallest absolute Gasteiger partial charge is 0.243 e. The molecular formula is C13H16N4O. The molecule has 2 heterocycles. The van der Waals surface area contributed by atoms with E-state index in [1.807, 2.05) is 6.20 Å². The summed E-state index contributed by atoms with van der Waals surface area (Å²) >= 11 is 0. The third-order valence-electron chi connectivity index (χ3n) is 4.05. The maximum absolute atomic E-state index is 12.5. The van der Waals surface area contributed by atoms with Crippen molar-refractivity contribution < 1.29 is 4.79 Å². The predicted octanol–water partition coefficient (Wildman–Crippen LogP) is 1.17. The van der Waals surface area contributed by atoms with Gasteiger partial charge in [0.15, 0.2) is 0 Å². The summed E-state index contributed by atoms with van der Waals surface area (Å²) in [6.07, 6.45) is 5.10. The Kier molecular flexibility index (Phi) is 2.40. The van der Waals surface area contributed by atoms with E-state index in [0.717, 1.165) is 12.4 Å². The van der Waals surface area contributed by atoms with Crippen molar-refractivity contribution in [1.29, 1.82) is 5.26 Å². The lowest BCUT2D eigenvalue weighted by atomic mass is 9.62. The van der Waals surface area contributed by atoms with E-state index in [1.165, 1.54) is 0 Å². The number of carbonyl (C=O) groups excluding carboxylic acids is 1. The summed E-state index contributed by atoms with van der Waals surface area (Å²) in [6, 6.07) is 2.24. The lowest BCUT2D eigenvalue weighted by Crippen LogP contribution is -2.51. The van der Waals surface area contributed by atoms with Gasteiger partial charge in [0.05, 0.1) is 12.6 Å². The Bertz CT molecular complexity index is 521. The van der Waals surface area contributed by atoms with Crippen molar-refractivity contribution in [2.75, 3.05) is 6.54 Å². The summed E-state index contributed by atoms with van der Waals surface area (Å²) < 4.78 is 2.06. The van der Waals surface area contributed by atoms with Gasteiger partial charge < -0.3 is 9.47 Å². The van der Waals surface area contributed by atoms with E-state index in [1.54, 1.807) is 11.1 Å². The number of nitriles is 1. The fourth-order valence-electron chi connectivity index (χ4n) is 3.09. The molecule has 3 rings (SSSR count). The van der Waals surface area contributed by atoms with Crippen LogP contribution >= 0.6 is 0 Å². The van der Waals surface area contributed by atoms with E-state index in [4.69, 9.17) is 0 Å². The molecule has 0 aromatic carbocycles. The van der Waals surface area contributed by atoms with Gasteiger partial charge in [-0.25, -0.2) is 4.98 Å². The van der Waals surface area contributed by atoms with Crippen molar-refractivity contribution in [2.24, 2.45) is 11.3 Å². The van der Waals surface area contributed by atoms with Crippen LogP contribution in [0.25, 0.3) is 0 Å². The van der Waals surface area contributed by atoms with Gasteiger partial charge in [0.2, 0.25) is 5.91 Å². The zero-order valence-corrected chi connectivity index (χ0v) is 10.5. The number of rotatable bonds is 1. The SMILES string of the molecule is CC1CC(C#N)(C(=O)N2CCn3ccnc3C2)C1. The van der Waals surface area contributed by atoms with Crippen LogP contribution in [0.4, 0.5) is 0 Å². The van der Waals surface area contributed by atoms with Crippen LogP contribution < -0.4 is 0 Å². The number of carbonyl (C=O) groups is 1. The molecule has 5 nitrogen and oxygen atoms in total. The average Bonchev–Trinajstić information content (AvgIpc) is 2.80. The van der Waals surface area contributed by atoms with Crippen LogP contribution in [0.5, 0.6) is 0 Å². The molecule has 1 amide bonds. The topological polar surface area (TPSA) is 61.9 Å². The van der Waals surface area contributed by atoms with E-state index in [9.17, 15) is 10.1 Å². The molecule has 0 spiro atoms. The predicted molar refractivity (Wildman–Crippen MR) is 64.1 cm³/mol. The Morgan fingerprint density at radius 2 is 2.33 bits per heavy atom. The first kappa shape index (κ1) is 11.3. The molecule has 1 aromatic rings. The highest BCUT2D eigenvalue weighted by Gasteiger charge is 2.51. The summed E-state index contributed by atoms with van der Waals surface area (Å²) in [5.41, 5.74) is -0.756. The second-order valence-corrected chi connectivity index (χ2v) is 5.47. The summed E-state index contributed by atoms with van der Waals surface area (Å²) in [5.74, 6) is 1.40. The lowest BCUT2D eigenvalue weighted by molar-refractivity contribution is -0.146. The van der Waals surface area contributed by atoms with Crippen LogP contribution in [-0.4, -0.2) is 26.9 Å². The first-order chi connectivity index (χ1) is 8.64. The number of hydrogen-bond acceptors (Lipinski definition) is 3. The third-order valence-corrected chi connectivity index (χ3v) is 4.05. The van der Waals surface area contributed by atoms with Gasteiger partial charge in [-0.1, -0.05) is 6.92 Å². The third kappa shape index (κ3) is 1.52. The van der Waals surface area contributed by atoms with Crippen LogP contribution in [0.1, 0.15) is 25.6 Å². The number of aromatic nitrogens is 2. The zero-order valence-electron chi connectivity index (χ0n) is 10.5. The molecule has 1 fully saturated rings. The van der Waals surface area contributed by atoms with Crippen LogP contribution in [0.3, 0.4) is 0 Å². The van der Waals surface area contributed by atoms with E-state index in [-0.39, 0.29) is 5.91 Å². The van der Waals surface area contributed by atoms with Gasteiger partial charge >= 0.3 is 0 Å². The number of fused-ring (bicyclic) bond motifs is 1. The molecule has 1 saturated carbocycles. The molecular weight excluding hydrogens is 228 g/mol. The Morgan fingerprint density at radius 1 is 1.56 bits per heavy atom. The fraction of sp³-hybridized carbons (Fsp3) is 0.615. The summed E-state index contributed by atoms with van der Waals surface area (Å²) in [4.78, 5) is 18.5. The van der Waals surface area contributed by atoms with E-state index in [0.29, 0.717) is 31.8 Å². The molecule has 0 saturated heterocycles. The number of hydrogen-bond donors (Lipinski definition) is 0. The van der Waals surface area contributed by atoms with Gasteiger partial charge in [-0.2, -0.15) is 5.26 Å². The van der Waals surface area contributed by atoms with Crippen molar-refractivity contribution in [2.45, 2.75) is 32.9 Å². The maximum Gasteiger partial charge on any atom is 0.243 e. The minimum absolute atomic E-state index is 0.00245. The minimum Gasteiger partial charge on any atom is -0.332 e. The molecule has 0 unspecified atom stereocenters. The summed E-state index contributed by atoms with van der Waals surface area (Å²) in [7, 11) is 0. The fourth-order valence-corrected chi connectivity index (χ4v) is 3.09. The highest BCUT2D eigenvalue weighted by Crippen LogP contribution is 2.46. The minimum atomic E-state index is -0.756. The average molecular weight is 244 g/mol. The van der Waals surface area contributed by atoms with Gasteiger partial charge in [-0.3, -0.25) is 4.79 Å². The second-order valence-electron chi connectivity index (χ2n) is 5.47. The molecule has 2 aliphatic rings. The number of nitrogens with zero attached hydrogens (tertiary/aromatic N) is 4. The van der Waals surface area contributed by atoms with Crippen LogP contribution in [0.2, 0.25) is 0 Å². The van der Waals surface area contributed by atoms with Gasteiger partial charge in [-0.15, -0.1) is 0 Å². The van der Waals surface area contributed by atoms with Gasteiger partial charge in [0.1, 0.15) is 11.2 Å². The molecule has 1 aromatic heterocycles. The van der Waals surface area contributed by atoms with E-state index < -0.39 is 5.41 Å². The van der Waals surface area contributed by atoms with Crippen molar-refractivity contribution in [3.63, 3.8) is 0 Å². The van der Waals surface area contributed by atoms with Crippen molar-refractivity contribution >= 4 is 5.91 Å². The quantitative estimate of drug-likeness (QED) is 0.745. The molecule has 0 radical (unpaired) electrons. The Labute approximate surface area is 106 Å². The Hall–Kier alpha value is -1.83. The van der Waals surface area contributed by atoms with Gasteiger partial charge in [0.25, 0.3) is 0 Å². The first-order valence-corrected chi connectivity index (χ1v) is 6.35. The molecule has 1 aliphatic heterocycles. The van der Waals surface area contributed by atoms with Crippen molar-refractivity contribution in [3.8, 4) is 6.07 Å². The molecule has 0 atom stereocenters. The van der Waals surface area contributed by atoms with E-state index >= 15 is 0 Å². The monoisotopic (exact) mass is 244 g/mol. The van der Waals surface area contributed by atoms with Crippen molar-refractivity contribution in [3.05, 3.63) is 18.2 Å². The van der Waals surface area contributed by atoms with Crippen molar-refractivity contribution in [1.82, 2.24) is 14.5 Å². The molecule has 18 heavy (non-hydrogen) atoms. The lowest BCUT2D eigenvalue weighted by Gasteiger charge is -2.43. The summed E-state index contributed by atoms with van der Waals surface area (Å²) in [5, 5.41) is 9.29. The zero-order chi connectivity index (χ0) is 12.8. The molecule has 94 valence electrons. The molecule has 0 N–H and O–H groups in total. The second kappa shape index (κ2) is 3.84. The van der Waals surface area contributed by atoms with Crippen LogP contribution in [0, 0.1) is 22.7 Å². The first-order valence-electron chi connectivity index (χ1n) is 6.35. The molecule has 5 heteroatoms. The normalized spacial score (nSPS) is 30.2. The molecule has 0 bridgehead atoms. The number of imidazole rings is 1. The standard InChI is InChI=1S/C13H16N4O/c1-10-6-13(7-10,9-14)12(18)17-5-4-16-3-2-15-11(16)8-17/h2-3,10H,4-8H2,1H3. The van der Waals surface area contributed by atoms with Gasteiger partial charge in [-0.05, 0) is 18.8 Å². The highest BCUT2D eigenvalue weighted by atomic mass is 16.2. The molecule has 1 aliphatic carbocycles. The van der Waals surface area contributed by atoms with Crippen LogP contribution in [-0.2, 0) is 17.9 Å². The summed E-state index contributed by atoms with van der Waals surface area (Å²) in [6.45, 7) is 4.08. The Balaban J connectivity index is 1.77. The highest BCUT2D eigenvalue weighted by molar-refractivity contribution is 5.86. The maximum atomic E-state index is 12.5. The van der Waals surface area contributed by atoms with Crippen LogP contribution in [0.15, 0.2) is 12.4 Å². The van der Waals surface area contributed by atoms with E-state index in [2.05, 4.69) is 22.5 Å². The van der Waals surface area contributed by atoms with Gasteiger partial charge in [0, 0.05) is 25.5 Å². The number of amides is 1.